The minimum Gasteiger partial charge on any atom is -0.392 e. The van der Waals surface area contributed by atoms with Crippen LogP contribution < -0.4 is 0 Å². The third-order valence-electron chi connectivity index (χ3n) is 2.27. The Morgan fingerprint density at radius 1 is 1.54 bits per heavy atom. The average Bonchev–Trinajstić information content (AvgIpc) is 2.57. The fourth-order valence-electron chi connectivity index (χ4n) is 1.11. The third-order valence-corrected chi connectivity index (χ3v) is 2.27. The standard InChI is InChI=1S/C9H16O4/c1-9(2,6-10)7(11)5-8-12-3-4-13-8/h6-8,11H,3-5H2,1-2H3. The molecule has 0 bridgehead atoms. The van der Waals surface area contributed by atoms with Crippen LogP contribution in [-0.2, 0) is 14.3 Å². The lowest BCUT2D eigenvalue weighted by Gasteiger charge is -2.25. The highest BCUT2D eigenvalue weighted by Gasteiger charge is 2.31. The van der Waals surface area contributed by atoms with Gasteiger partial charge < -0.3 is 19.4 Å². The smallest absolute Gasteiger partial charge is 0.160 e. The lowest BCUT2D eigenvalue weighted by atomic mass is 9.86. The zero-order chi connectivity index (χ0) is 9.90. The largest absolute Gasteiger partial charge is 0.392 e. The quantitative estimate of drug-likeness (QED) is 0.646. The van der Waals surface area contributed by atoms with Crippen LogP contribution in [0.3, 0.4) is 0 Å². The van der Waals surface area contributed by atoms with Gasteiger partial charge in [0.25, 0.3) is 0 Å². The summed E-state index contributed by atoms with van der Waals surface area (Å²) >= 11 is 0. The maximum atomic E-state index is 10.6. The normalized spacial score (nSPS) is 21.8. The van der Waals surface area contributed by atoms with E-state index in [2.05, 4.69) is 0 Å². The molecule has 0 aromatic rings. The molecular formula is C9H16O4. The van der Waals surface area contributed by atoms with Crippen molar-refractivity contribution < 1.29 is 19.4 Å². The van der Waals surface area contributed by atoms with Crippen molar-refractivity contribution in [3.63, 3.8) is 0 Å². The van der Waals surface area contributed by atoms with Crippen LogP contribution in [0.25, 0.3) is 0 Å². The van der Waals surface area contributed by atoms with E-state index in [0.717, 1.165) is 6.29 Å². The molecule has 1 atom stereocenters. The lowest BCUT2D eigenvalue weighted by Crippen LogP contribution is -2.34. The van der Waals surface area contributed by atoms with E-state index < -0.39 is 11.5 Å². The maximum absolute atomic E-state index is 10.6. The predicted molar refractivity (Wildman–Crippen MR) is 46.2 cm³/mol. The fraction of sp³-hybridized carbons (Fsp3) is 0.889. The van der Waals surface area contributed by atoms with Gasteiger partial charge in [-0.1, -0.05) is 13.8 Å². The van der Waals surface area contributed by atoms with Crippen molar-refractivity contribution in [3.05, 3.63) is 0 Å². The minimum absolute atomic E-state index is 0.353. The van der Waals surface area contributed by atoms with Crippen LogP contribution in [0.4, 0.5) is 0 Å². The molecule has 0 aromatic carbocycles. The maximum Gasteiger partial charge on any atom is 0.160 e. The predicted octanol–water partition coefficient (Wildman–Crippen LogP) is 0.335. The number of hydrogen-bond acceptors (Lipinski definition) is 4. The summed E-state index contributed by atoms with van der Waals surface area (Å²) < 4.78 is 10.3. The second-order valence-corrected chi connectivity index (χ2v) is 3.86. The van der Waals surface area contributed by atoms with Gasteiger partial charge in [-0.25, -0.2) is 0 Å². The van der Waals surface area contributed by atoms with Gasteiger partial charge in [0, 0.05) is 11.8 Å². The lowest BCUT2D eigenvalue weighted by molar-refractivity contribution is -0.126. The van der Waals surface area contributed by atoms with Crippen LogP contribution in [0.5, 0.6) is 0 Å². The third kappa shape index (κ3) is 2.76. The highest BCUT2D eigenvalue weighted by molar-refractivity contribution is 5.58. The van der Waals surface area contributed by atoms with Crippen molar-refractivity contribution in [2.45, 2.75) is 32.7 Å². The van der Waals surface area contributed by atoms with Crippen LogP contribution in [-0.4, -0.2) is 37.0 Å². The van der Waals surface area contributed by atoms with Gasteiger partial charge in [0.15, 0.2) is 6.29 Å². The molecule has 13 heavy (non-hydrogen) atoms. The van der Waals surface area contributed by atoms with Crippen molar-refractivity contribution in [1.29, 1.82) is 0 Å². The molecule has 0 aromatic heterocycles. The van der Waals surface area contributed by atoms with Crippen LogP contribution in [0, 0.1) is 5.41 Å². The molecule has 0 amide bonds. The highest BCUT2D eigenvalue weighted by atomic mass is 16.7. The molecule has 1 saturated heterocycles. The summed E-state index contributed by atoms with van der Waals surface area (Å²) in [6.07, 6.45) is 0.0422. The SMILES string of the molecule is CC(C)(C=O)C(O)CC1OCCO1. The first-order valence-electron chi connectivity index (χ1n) is 4.44. The molecule has 0 aliphatic carbocycles. The molecule has 1 heterocycles. The average molecular weight is 188 g/mol. The molecule has 76 valence electrons. The van der Waals surface area contributed by atoms with Gasteiger partial charge in [-0.3, -0.25) is 0 Å². The van der Waals surface area contributed by atoms with E-state index in [1.807, 2.05) is 0 Å². The van der Waals surface area contributed by atoms with E-state index in [4.69, 9.17) is 9.47 Å². The first-order chi connectivity index (χ1) is 6.06. The first-order valence-corrected chi connectivity index (χ1v) is 4.44. The molecule has 1 rings (SSSR count). The summed E-state index contributed by atoms with van der Waals surface area (Å²) in [4.78, 5) is 10.6. The van der Waals surface area contributed by atoms with E-state index in [1.165, 1.54) is 0 Å². The first kappa shape index (κ1) is 10.6. The summed E-state index contributed by atoms with van der Waals surface area (Å²) in [5.74, 6) is 0. The Hall–Kier alpha value is -0.450. The van der Waals surface area contributed by atoms with Crippen molar-refractivity contribution >= 4 is 6.29 Å². The molecule has 0 saturated carbocycles. The van der Waals surface area contributed by atoms with Crippen LogP contribution >= 0.6 is 0 Å². The number of carbonyl (C=O) groups is 1. The minimum atomic E-state index is -0.727. The zero-order valence-electron chi connectivity index (χ0n) is 8.03. The van der Waals surface area contributed by atoms with Crippen molar-refractivity contribution in [2.75, 3.05) is 13.2 Å². The molecule has 4 nitrogen and oxygen atoms in total. The Balaban J connectivity index is 2.39. The molecule has 1 N–H and O–H groups in total. The number of aliphatic hydroxyl groups excluding tert-OH is 1. The fourth-order valence-corrected chi connectivity index (χ4v) is 1.11. The van der Waals surface area contributed by atoms with Crippen molar-refractivity contribution in [2.24, 2.45) is 5.41 Å². The molecule has 0 radical (unpaired) electrons. The van der Waals surface area contributed by atoms with E-state index >= 15 is 0 Å². The second-order valence-electron chi connectivity index (χ2n) is 3.86. The number of aldehydes is 1. The highest BCUT2D eigenvalue weighted by Crippen LogP contribution is 2.23. The number of carbonyl (C=O) groups excluding carboxylic acids is 1. The molecule has 1 fully saturated rings. The number of ether oxygens (including phenoxy) is 2. The Morgan fingerprint density at radius 3 is 2.54 bits per heavy atom. The van der Waals surface area contributed by atoms with Gasteiger partial charge in [-0.2, -0.15) is 0 Å². The van der Waals surface area contributed by atoms with Crippen molar-refractivity contribution in [1.82, 2.24) is 0 Å². The van der Waals surface area contributed by atoms with E-state index in [-0.39, 0.29) is 6.29 Å². The summed E-state index contributed by atoms with van der Waals surface area (Å²) in [6, 6.07) is 0. The monoisotopic (exact) mass is 188 g/mol. The van der Waals surface area contributed by atoms with E-state index in [9.17, 15) is 9.90 Å². The van der Waals surface area contributed by atoms with Gasteiger partial charge in [-0.15, -0.1) is 0 Å². The van der Waals surface area contributed by atoms with Crippen molar-refractivity contribution in [3.8, 4) is 0 Å². The topological polar surface area (TPSA) is 55.8 Å². The molecule has 4 heteroatoms. The van der Waals surface area contributed by atoms with Crippen LogP contribution in [0.2, 0.25) is 0 Å². The Labute approximate surface area is 77.8 Å². The van der Waals surface area contributed by atoms with Gasteiger partial charge in [-0.05, 0) is 0 Å². The summed E-state index contributed by atoms with van der Waals surface area (Å²) in [5, 5.41) is 9.65. The molecule has 1 unspecified atom stereocenters. The van der Waals surface area contributed by atoms with E-state index in [0.29, 0.717) is 19.6 Å². The Kier molecular flexibility index (Phi) is 3.41. The molecule has 1 aliphatic rings. The number of aliphatic hydroxyl groups is 1. The van der Waals surface area contributed by atoms with E-state index in [1.54, 1.807) is 13.8 Å². The van der Waals surface area contributed by atoms with Gasteiger partial charge >= 0.3 is 0 Å². The molecular weight excluding hydrogens is 172 g/mol. The Bertz CT molecular complexity index is 172. The Morgan fingerprint density at radius 2 is 2.08 bits per heavy atom. The summed E-state index contributed by atoms with van der Waals surface area (Å²) in [5.41, 5.74) is -0.727. The van der Waals surface area contributed by atoms with Crippen LogP contribution in [0.15, 0.2) is 0 Å². The summed E-state index contributed by atoms with van der Waals surface area (Å²) in [7, 11) is 0. The molecule has 1 aliphatic heterocycles. The number of hydrogen-bond donors (Lipinski definition) is 1. The van der Waals surface area contributed by atoms with Gasteiger partial charge in [0.1, 0.15) is 6.29 Å². The van der Waals surface area contributed by atoms with Gasteiger partial charge in [0.05, 0.1) is 19.3 Å². The number of rotatable bonds is 4. The summed E-state index contributed by atoms with van der Waals surface area (Å²) in [6.45, 7) is 4.52. The second kappa shape index (κ2) is 4.17. The van der Waals surface area contributed by atoms with Crippen LogP contribution in [0.1, 0.15) is 20.3 Å². The van der Waals surface area contributed by atoms with Gasteiger partial charge in [0.2, 0.25) is 0 Å². The molecule has 0 spiro atoms. The zero-order valence-corrected chi connectivity index (χ0v) is 8.03.